The van der Waals surface area contributed by atoms with Crippen LogP contribution in [0, 0.1) is 5.41 Å². The predicted molar refractivity (Wildman–Crippen MR) is 78.1 cm³/mol. The Morgan fingerprint density at radius 2 is 2.05 bits per heavy atom. The van der Waals surface area contributed by atoms with Gasteiger partial charge in [-0.3, -0.25) is 4.79 Å². The Hall–Kier alpha value is -0.610. The van der Waals surface area contributed by atoms with Crippen molar-refractivity contribution in [3.05, 3.63) is 0 Å². The summed E-state index contributed by atoms with van der Waals surface area (Å²) >= 11 is 0. The molecule has 0 aromatic heterocycles. The van der Waals surface area contributed by atoms with Gasteiger partial charge in [0.25, 0.3) is 0 Å². The van der Waals surface area contributed by atoms with E-state index in [2.05, 4.69) is 17.1 Å². The number of carbonyl (C=O) groups is 1. The molecule has 0 saturated carbocycles. The van der Waals surface area contributed by atoms with E-state index in [0.29, 0.717) is 5.91 Å². The monoisotopic (exact) mass is 267 g/mol. The first kappa shape index (κ1) is 14.8. The lowest BCUT2D eigenvalue weighted by Gasteiger charge is -2.38. The van der Waals surface area contributed by atoms with Crippen LogP contribution in [0.5, 0.6) is 0 Å². The molecule has 110 valence electrons. The number of likely N-dealkylation sites (tertiary alicyclic amines) is 1. The summed E-state index contributed by atoms with van der Waals surface area (Å²) in [6.45, 7) is 8.41. The van der Waals surface area contributed by atoms with E-state index >= 15 is 0 Å². The largest absolute Gasteiger partial charge is 0.344 e. The quantitative estimate of drug-likeness (QED) is 0.816. The summed E-state index contributed by atoms with van der Waals surface area (Å²) in [4.78, 5) is 17.2. The molecule has 0 aliphatic carbocycles. The Bertz CT molecular complexity index is 294. The second kappa shape index (κ2) is 6.71. The maximum absolute atomic E-state index is 12.7. The molecule has 1 unspecified atom stereocenters. The molecular weight excluding hydrogens is 238 g/mol. The van der Waals surface area contributed by atoms with Crippen LogP contribution in [0.2, 0.25) is 0 Å². The molecule has 2 saturated heterocycles. The smallest absolute Gasteiger partial charge is 0.229 e. The minimum Gasteiger partial charge on any atom is -0.344 e. The fourth-order valence-corrected chi connectivity index (χ4v) is 3.41. The van der Waals surface area contributed by atoms with E-state index in [9.17, 15) is 4.79 Å². The molecule has 1 amide bonds. The standard InChI is InChI=1S/C15H29N3O/c1-3-15(7-6-8-16-13-15)14(19)17(2)11-12-18-9-4-5-10-18/h16H,3-13H2,1-2H3. The van der Waals surface area contributed by atoms with Crippen LogP contribution in [-0.4, -0.2) is 62.0 Å². The third kappa shape index (κ3) is 3.48. The number of hydrogen-bond acceptors (Lipinski definition) is 3. The molecule has 4 nitrogen and oxygen atoms in total. The van der Waals surface area contributed by atoms with Gasteiger partial charge in [0.1, 0.15) is 0 Å². The van der Waals surface area contributed by atoms with Crippen LogP contribution in [-0.2, 0) is 4.79 Å². The topological polar surface area (TPSA) is 35.6 Å². The van der Waals surface area contributed by atoms with Crippen LogP contribution in [0.4, 0.5) is 0 Å². The first-order valence-electron chi connectivity index (χ1n) is 7.86. The van der Waals surface area contributed by atoms with Gasteiger partial charge in [-0.25, -0.2) is 0 Å². The van der Waals surface area contributed by atoms with Crippen molar-refractivity contribution in [2.75, 3.05) is 46.3 Å². The Balaban J connectivity index is 1.85. The van der Waals surface area contributed by atoms with Gasteiger partial charge in [-0.1, -0.05) is 6.92 Å². The Morgan fingerprint density at radius 1 is 1.32 bits per heavy atom. The van der Waals surface area contributed by atoms with Crippen molar-refractivity contribution in [1.29, 1.82) is 0 Å². The summed E-state index contributed by atoms with van der Waals surface area (Å²) in [7, 11) is 1.98. The lowest BCUT2D eigenvalue weighted by molar-refractivity contribution is -0.142. The highest BCUT2D eigenvalue weighted by Crippen LogP contribution is 2.31. The minimum atomic E-state index is -0.141. The van der Waals surface area contributed by atoms with Crippen LogP contribution in [0.3, 0.4) is 0 Å². The van der Waals surface area contributed by atoms with E-state index < -0.39 is 0 Å². The molecule has 2 heterocycles. The highest BCUT2D eigenvalue weighted by Gasteiger charge is 2.39. The van der Waals surface area contributed by atoms with Crippen molar-refractivity contribution in [2.45, 2.75) is 39.0 Å². The SMILES string of the molecule is CCC1(C(=O)N(C)CCN2CCCC2)CCCNC1. The average molecular weight is 267 g/mol. The van der Waals surface area contributed by atoms with Crippen LogP contribution in [0.15, 0.2) is 0 Å². The first-order chi connectivity index (χ1) is 9.18. The third-order valence-corrected chi connectivity index (χ3v) is 4.90. The highest BCUT2D eigenvalue weighted by molar-refractivity contribution is 5.82. The molecule has 1 N–H and O–H groups in total. The summed E-state index contributed by atoms with van der Waals surface area (Å²) in [5.41, 5.74) is -0.141. The van der Waals surface area contributed by atoms with Crippen molar-refractivity contribution < 1.29 is 4.79 Å². The van der Waals surface area contributed by atoms with Crippen molar-refractivity contribution >= 4 is 5.91 Å². The van der Waals surface area contributed by atoms with E-state index in [4.69, 9.17) is 0 Å². The normalized spacial score (nSPS) is 28.5. The van der Waals surface area contributed by atoms with E-state index in [1.54, 1.807) is 0 Å². The maximum Gasteiger partial charge on any atom is 0.229 e. The number of nitrogens with zero attached hydrogens (tertiary/aromatic N) is 2. The van der Waals surface area contributed by atoms with Crippen LogP contribution in [0.1, 0.15) is 39.0 Å². The van der Waals surface area contributed by atoms with Crippen LogP contribution < -0.4 is 5.32 Å². The average Bonchev–Trinajstić information content (AvgIpc) is 2.98. The van der Waals surface area contributed by atoms with Gasteiger partial charge in [-0.05, 0) is 51.7 Å². The molecule has 0 bridgehead atoms. The van der Waals surface area contributed by atoms with Gasteiger partial charge in [-0.15, -0.1) is 0 Å². The Labute approximate surface area is 117 Å². The van der Waals surface area contributed by atoms with E-state index in [1.165, 1.54) is 25.9 Å². The van der Waals surface area contributed by atoms with Crippen molar-refractivity contribution in [3.8, 4) is 0 Å². The molecule has 19 heavy (non-hydrogen) atoms. The summed E-state index contributed by atoms with van der Waals surface area (Å²) in [6, 6.07) is 0. The number of likely N-dealkylation sites (N-methyl/N-ethyl adjacent to an activating group) is 1. The molecule has 0 radical (unpaired) electrons. The van der Waals surface area contributed by atoms with E-state index in [0.717, 1.165) is 45.4 Å². The summed E-state index contributed by atoms with van der Waals surface area (Å²) in [6.07, 6.45) is 5.76. The lowest BCUT2D eigenvalue weighted by atomic mass is 9.77. The second-order valence-electron chi connectivity index (χ2n) is 6.19. The number of hydrogen-bond donors (Lipinski definition) is 1. The van der Waals surface area contributed by atoms with Crippen molar-refractivity contribution in [1.82, 2.24) is 15.1 Å². The second-order valence-corrected chi connectivity index (χ2v) is 6.19. The number of piperidine rings is 1. The molecule has 2 fully saturated rings. The summed E-state index contributed by atoms with van der Waals surface area (Å²) in [5, 5.41) is 3.40. The van der Waals surface area contributed by atoms with Gasteiger partial charge in [-0.2, -0.15) is 0 Å². The molecule has 2 aliphatic heterocycles. The summed E-state index contributed by atoms with van der Waals surface area (Å²) in [5.74, 6) is 0.349. The molecule has 1 atom stereocenters. The molecule has 0 spiro atoms. The predicted octanol–water partition coefficient (Wildman–Crippen LogP) is 1.32. The number of carbonyl (C=O) groups excluding carboxylic acids is 1. The number of amides is 1. The third-order valence-electron chi connectivity index (χ3n) is 4.90. The van der Waals surface area contributed by atoms with E-state index in [1.807, 2.05) is 11.9 Å². The minimum absolute atomic E-state index is 0.141. The van der Waals surface area contributed by atoms with Gasteiger partial charge in [0.05, 0.1) is 5.41 Å². The fraction of sp³-hybridized carbons (Fsp3) is 0.933. The highest BCUT2D eigenvalue weighted by atomic mass is 16.2. The molecular formula is C15H29N3O. The Kier molecular flexibility index (Phi) is 5.22. The van der Waals surface area contributed by atoms with Gasteiger partial charge < -0.3 is 15.1 Å². The van der Waals surface area contributed by atoms with Gasteiger partial charge in [0.15, 0.2) is 0 Å². The zero-order valence-electron chi connectivity index (χ0n) is 12.6. The fourth-order valence-electron chi connectivity index (χ4n) is 3.41. The van der Waals surface area contributed by atoms with Crippen LogP contribution >= 0.6 is 0 Å². The van der Waals surface area contributed by atoms with Crippen molar-refractivity contribution in [3.63, 3.8) is 0 Å². The lowest BCUT2D eigenvalue weighted by Crippen LogP contribution is -2.51. The molecule has 0 aromatic carbocycles. The van der Waals surface area contributed by atoms with Gasteiger partial charge >= 0.3 is 0 Å². The maximum atomic E-state index is 12.7. The molecule has 2 aliphatic rings. The van der Waals surface area contributed by atoms with Gasteiger partial charge in [0, 0.05) is 26.7 Å². The summed E-state index contributed by atoms with van der Waals surface area (Å²) < 4.78 is 0. The molecule has 0 aromatic rings. The zero-order chi connectivity index (χ0) is 13.7. The first-order valence-corrected chi connectivity index (χ1v) is 7.86. The Morgan fingerprint density at radius 3 is 2.63 bits per heavy atom. The number of rotatable bonds is 5. The zero-order valence-corrected chi connectivity index (χ0v) is 12.6. The molecule has 4 heteroatoms. The number of nitrogens with one attached hydrogen (secondary N) is 1. The van der Waals surface area contributed by atoms with Crippen LogP contribution in [0.25, 0.3) is 0 Å². The van der Waals surface area contributed by atoms with Gasteiger partial charge in [0.2, 0.25) is 5.91 Å². The van der Waals surface area contributed by atoms with Crippen molar-refractivity contribution in [2.24, 2.45) is 5.41 Å². The molecule has 2 rings (SSSR count). The van der Waals surface area contributed by atoms with E-state index in [-0.39, 0.29) is 5.41 Å².